The van der Waals surface area contributed by atoms with Crippen molar-refractivity contribution in [2.24, 2.45) is 5.92 Å². The van der Waals surface area contributed by atoms with E-state index in [1.807, 2.05) is 0 Å². The molecule has 0 heterocycles. The van der Waals surface area contributed by atoms with Crippen LogP contribution in [0.25, 0.3) is 0 Å². The SMILES string of the molecule is CCCC(C)OCCC1CCCC1(NC1CC1)C(=O)OC. The average molecular weight is 297 g/mol. The highest BCUT2D eigenvalue weighted by Crippen LogP contribution is 2.41. The molecule has 0 saturated heterocycles. The van der Waals surface area contributed by atoms with Gasteiger partial charge in [-0.05, 0) is 51.4 Å². The molecule has 2 saturated carbocycles. The first-order valence-corrected chi connectivity index (χ1v) is 8.60. The van der Waals surface area contributed by atoms with E-state index in [1.165, 1.54) is 20.0 Å². The Morgan fingerprint density at radius 3 is 2.76 bits per heavy atom. The molecule has 4 nitrogen and oxygen atoms in total. The molecule has 0 spiro atoms. The standard InChI is InChI=1S/C17H31NO3/c1-4-6-13(2)21-12-10-14-7-5-11-17(14,16(19)20-3)18-15-8-9-15/h13-15,18H,4-12H2,1-3H3. The average Bonchev–Trinajstić information content (AvgIpc) is 3.19. The first-order chi connectivity index (χ1) is 10.1. The van der Waals surface area contributed by atoms with Crippen LogP contribution in [0, 0.1) is 5.92 Å². The molecular formula is C17H31NO3. The summed E-state index contributed by atoms with van der Waals surface area (Å²) in [5.41, 5.74) is -0.451. The molecule has 0 aromatic carbocycles. The van der Waals surface area contributed by atoms with Gasteiger partial charge in [-0.1, -0.05) is 19.8 Å². The quantitative estimate of drug-likeness (QED) is 0.665. The zero-order valence-corrected chi connectivity index (χ0v) is 13.8. The summed E-state index contributed by atoms with van der Waals surface area (Å²) in [6.07, 6.45) is 9.01. The van der Waals surface area contributed by atoms with Gasteiger partial charge in [-0.25, -0.2) is 0 Å². The van der Waals surface area contributed by atoms with Gasteiger partial charge in [-0.15, -0.1) is 0 Å². The highest BCUT2D eigenvalue weighted by molar-refractivity contribution is 5.81. The lowest BCUT2D eigenvalue weighted by atomic mass is 9.84. The minimum absolute atomic E-state index is 0.0708. The van der Waals surface area contributed by atoms with Gasteiger partial charge in [0, 0.05) is 12.6 Å². The summed E-state index contributed by atoms with van der Waals surface area (Å²) in [5.74, 6) is 0.276. The molecule has 2 rings (SSSR count). The van der Waals surface area contributed by atoms with E-state index in [-0.39, 0.29) is 5.97 Å². The molecule has 0 aromatic heterocycles. The van der Waals surface area contributed by atoms with Crippen LogP contribution in [0.1, 0.15) is 65.2 Å². The summed E-state index contributed by atoms with van der Waals surface area (Å²) in [6.45, 7) is 5.06. The molecule has 0 amide bonds. The van der Waals surface area contributed by atoms with Gasteiger partial charge in [0.25, 0.3) is 0 Å². The van der Waals surface area contributed by atoms with E-state index < -0.39 is 5.54 Å². The minimum atomic E-state index is -0.451. The number of methoxy groups -OCH3 is 1. The van der Waals surface area contributed by atoms with Gasteiger partial charge in [0.2, 0.25) is 0 Å². The summed E-state index contributed by atoms with van der Waals surface area (Å²) in [4.78, 5) is 12.4. The molecule has 1 N–H and O–H groups in total. The number of rotatable bonds is 9. The fourth-order valence-corrected chi connectivity index (χ4v) is 3.66. The summed E-state index contributed by atoms with van der Waals surface area (Å²) in [5, 5.41) is 3.60. The van der Waals surface area contributed by atoms with Gasteiger partial charge in [0.05, 0.1) is 13.2 Å². The highest BCUT2D eigenvalue weighted by Gasteiger charge is 2.51. The number of nitrogens with one attached hydrogen (secondary N) is 1. The third-order valence-corrected chi connectivity index (χ3v) is 4.97. The van der Waals surface area contributed by atoms with Crippen molar-refractivity contribution in [2.75, 3.05) is 13.7 Å². The number of hydrogen-bond donors (Lipinski definition) is 1. The predicted octanol–water partition coefficient (Wildman–Crippen LogP) is 3.05. The minimum Gasteiger partial charge on any atom is -0.468 e. The van der Waals surface area contributed by atoms with Crippen molar-refractivity contribution in [1.29, 1.82) is 0 Å². The van der Waals surface area contributed by atoms with Crippen LogP contribution >= 0.6 is 0 Å². The lowest BCUT2D eigenvalue weighted by Crippen LogP contribution is -2.56. The number of esters is 1. The molecule has 3 atom stereocenters. The van der Waals surface area contributed by atoms with Crippen molar-refractivity contribution < 1.29 is 14.3 Å². The third kappa shape index (κ3) is 4.19. The van der Waals surface area contributed by atoms with Crippen LogP contribution in [-0.4, -0.2) is 37.4 Å². The Balaban J connectivity index is 1.90. The normalized spacial score (nSPS) is 30.3. The molecule has 21 heavy (non-hydrogen) atoms. The first kappa shape index (κ1) is 16.8. The maximum atomic E-state index is 12.4. The Morgan fingerprint density at radius 2 is 2.14 bits per heavy atom. The van der Waals surface area contributed by atoms with Crippen LogP contribution in [0.3, 0.4) is 0 Å². The van der Waals surface area contributed by atoms with E-state index in [1.54, 1.807) is 0 Å². The first-order valence-electron chi connectivity index (χ1n) is 8.60. The third-order valence-electron chi connectivity index (χ3n) is 4.97. The zero-order valence-electron chi connectivity index (χ0n) is 13.8. The summed E-state index contributed by atoms with van der Waals surface area (Å²) in [7, 11) is 1.51. The zero-order chi connectivity index (χ0) is 15.3. The second-order valence-corrected chi connectivity index (χ2v) is 6.73. The maximum Gasteiger partial charge on any atom is 0.326 e. The molecule has 2 aliphatic rings. The van der Waals surface area contributed by atoms with E-state index in [9.17, 15) is 4.79 Å². The summed E-state index contributed by atoms with van der Waals surface area (Å²) >= 11 is 0. The Labute approximate surface area is 129 Å². The van der Waals surface area contributed by atoms with Crippen LogP contribution in [0.5, 0.6) is 0 Å². The topological polar surface area (TPSA) is 47.6 Å². The van der Waals surface area contributed by atoms with E-state index in [4.69, 9.17) is 9.47 Å². The lowest BCUT2D eigenvalue weighted by molar-refractivity contribution is -0.151. The molecule has 4 heteroatoms. The molecule has 0 aromatic rings. The van der Waals surface area contributed by atoms with Crippen LogP contribution in [0.15, 0.2) is 0 Å². The number of carbonyl (C=O) groups excluding carboxylic acids is 1. The number of carbonyl (C=O) groups is 1. The molecule has 2 fully saturated rings. The second kappa shape index (κ2) is 7.59. The molecule has 122 valence electrons. The Bertz CT molecular complexity index is 343. The van der Waals surface area contributed by atoms with Crippen molar-refractivity contribution in [1.82, 2.24) is 5.32 Å². The van der Waals surface area contributed by atoms with Gasteiger partial charge in [0.1, 0.15) is 5.54 Å². The van der Waals surface area contributed by atoms with Crippen molar-refractivity contribution >= 4 is 5.97 Å². The summed E-state index contributed by atoms with van der Waals surface area (Å²) in [6, 6.07) is 0.518. The van der Waals surface area contributed by atoms with Crippen molar-refractivity contribution in [3.8, 4) is 0 Å². The van der Waals surface area contributed by atoms with E-state index in [2.05, 4.69) is 19.2 Å². The van der Waals surface area contributed by atoms with Gasteiger partial charge in [-0.2, -0.15) is 0 Å². The van der Waals surface area contributed by atoms with Crippen LogP contribution in [-0.2, 0) is 14.3 Å². The fraction of sp³-hybridized carbons (Fsp3) is 0.941. The second-order valence-electron chi connectivity index (χ2n) is 6.73. The van der Waals surface area contributed by atoms with Crippen molar-refractivity contribution in [2.45, 2.75) is 82.9 Å². The number of ether oxygens (including phenoxy) is 2. The lowest BCUT2D eigenvalue weighted by Gasteiger charge is -2.34. The largest absolute Gasteiger partial charge is 0.468 e. The molecule has 0 radical (unpaired) electrons. The fourth-order valence-electron chi connectivity index (χ4n) is 3.66. The molecular weight excluding hydrogens is 266 g/mol. The Morgan fingerprint density at radius 1 is 1.38 bits per heavy atom. The smallest absolute Gasteiger partial charge is 0.326 e. The molecule has 0 aliphatic heterocycles. The van der Waals surface area contributed by atoms with Crippen molar-refractivity contribution in [3.63, 3.8) is 0 Å². The predicted molar refractivity (Wildman–Crippen MR) is 83.2 cm³/mol. The molecule has 0 bridgehead atoms. The van der Waals surface area contributed by atoms with E-state index in [0.29, 0.717) is 18.1 Å². The van der Waals surface area contributed by atoms with Gasteiger partial charge < -0.3 is 9.47 Å². The number of hydrogen-bond acceptors (Lipinski definition) is 4. The van der Waals surface area contributed by atoms with Gasteiger partial charge >= 0.3 is 5.97 Å². The Hall–Kier alpha value is -0.610. The van der Waals surface area contributed by atoms with Crippen LogP contribution in [0.2, 0.25) is 0 Å². The van der Waals surface area contributed by atoms with Crippen LogP contribution in [0.4, 0.5) is 0 Å². The molecule has 3 unspecified atom stereocenters. The van der Waals surface area contributed by atoms with Gasteiger partial charge in [0.15, 0.2) is 0 Å². The van der Waals surface area contributed by atoms with Gasteiger partial charge in [-0.3, -0.25) is 10.1 Å². The van der Waals surface area contributed by atoms with E-state index >= 15 is 0 Å². The Kier molecular flexibility index (Phi) is 6.06. The van der Waals surface area contributed by atoms with Crippen LogP contribution < -0.4 is 5.32 Å². The van der Waals surface area contributed by atoms with Crippen molar-refractivity contribution in [3.05, 3.63) is 0 Å². The maximum absolute atomic E-state index is 12.4. The highest BCUT2D eigenvalue weighted by atomic mass is 16.5. The van der Waals surface area contributed by atoms with E-state index in [0.717, 1.165) is 45.1 Å². The summed E-state index contributed by atoms with van der Waals surface area (Å²) < 4.78 is 11.0. The molecule has 2 aliphatic carbocycles. The monoisotopic (exact) mass is 297 g/mol.